The third-order valence-electron chi connectivity index (χ3n) is 3.45. The van der Waals surface area contributed by atoms with Crippen LogP contribution in [0.2, 0.25) is 5.02 Å². The van der Waals surface area contributed by atoms with Gasteiger partial charge in [-0.15, -0.1) is 0 Å². The fraction of sp³-hybridized carbons (Fsp3) is 0.571. The SMILES string of the molecule is CN(C)CC1CC(O)CN1Cc1ccc(F)c(Cl)c1. The van der Waals surface area contributed by atoms with Crippen molar-refractivity contribution in [1.29, 1.82) is 0 Å². The first-order valence-corrected chi connectivity index (χ1v) is 6.84. The van der Waals surface area contributed by atoms with Crippen molar-refractivity contribution in [3.63, 3.8) is 0 Å². The highest BCUT2D eigenvalue weighted by molar-refractivity contribution is 6.30. The van der Waals surface area contributed by atoms with Crippen LogP contribution < -0.4 is 0 Å². The zero-order valence-electron chi connectivity index (χ0n) is 11.3. The molecule has 1 aliphatic heterocycles. The maximum atomic E-state index is 13.1. The average Bonchev–Trinajstić information content (AvgIpc) is 2.63. The van der Waals surface area contributed by atoms with Gasteiger partial charge in [0.2, 0.25) is 0 Å². The molecule has 1 saturated heterocycles. The number of halogens is 2. The molecule has 0 aliphatic carbocycles. The van der Waals surface area contributed by atoms with E-state index in [1.54, 1.807) is 12.1 Å². The summed E-state index contributed by atoms with van der Waals surface area (Å²) in [5.74, 6) is -0.392. The zero-order valence-corrected chi connectivity index (χ0v) is 12.1. The number of rotatable bonds is 4. The second kappa shape index (κ2) is 6.18. The van der Waals surface area contributed by atoms with E-state index in [-0.39, 0.29) is 11.1 Å². The van der Waals surface area contributed by atoms with Crippen LogP contribution >= 0.6 is 11.6 Å². The van der Waals surface area contributed by atoms with Crippen LogP contribution in [0.15, 0.2) is 18.2 Å². The van der Waals surface area contributed by atoms with Crippen LogP contribution in [-0.4, -0.2) is 54.2 Å². The maximum Gasteiger partial charge on any atom is 0.141 e. The standard InChI is InChI=1S/C14H20ClFN2O/c1-17(2)8-11-6-12(19)9-18(11)7-10-3-4-14(16)13(15)5-10/h3-5,11-12,19H,6-9H2,1-2H3. The number of nitrogens with zero attached hydrogens (tertiary/aromatic N) is 2. The van der Waals surface area contributed by atoms with Crippen molar-refractivity contribution in [2.75, 3.05) is 27.2 Å². The zero-order chi connectivity index (χ0) is 14.0. The summed E-state index contributed by atoms with van der Waals surface area (Å²) in [7, 11) is 4.05. The molecule has 2 unspecified atom stereocenters. The highest BCUT2D eigenvalue weighted by atomic mass is 35.5. The largest absolute Gasteiger partial charge is 0.392 e. The summed E-state index contributed by atoms with van der Waals surface area (Å²) in [4.78, 5) is 4.35. The highest BCUT2D eigenvalue weighted by Crippen LogP contribution is 2.23. The van der Waals surface area contributed by atoms with Crippen molar-refractivity contribution in [2.45, 2.75) is 25.1 Å². The molecular weight excluding hydrogens is 267 g/mol. The Morgan fingerprint density at radius 3 is 2.84 bits per heavy atom. The van der Waals surface area contributed by atoms with Gasteiger partial charge in [-0.2, -0.15) is 0 Å². The van der Waals surface area contributed by atoms with E-state index in [1.807, 2.05) is 14.1 Å². The van der Waals surface area contributed by atoms with E-state index in [0.717, 1.165) is 18.5 Å². The number of hydrogen-bond acceptors (Lipinski definition) is 3. The van der Waals surface area contributed by atoms with Crippen LogP contribution in [0.4, 0.5) is 4.39 Å². The molecule has 19 heavy (non-hydrogen) atoms. The molecule has 0 amide bonds. The summed E-state index contributed by atoms with van der Waals surface area (Å²) < 4.78 is 13.1. The minimum Gasteiger partial charge on any atom is -0.392 e. The van der Waals surface area contributed by atoms with E-state index < -0.39 is 5.82 Å². The van der Waals surface area contributed by atoms with Crippen LogP contribution in [0, 0.1) is 5.82 Å². The first-order chi connectivity index (χ1) is 8.95. The molecule has 0 saturated carbocycles. The van der Waals surface area contributed by atoms with Gasteiger partial charge in [-0.05, 0) is 38.2 Å². The predicted octanol–water partition coefficient (Wildman–Crippen LogP) is 1.98. The van der Waals surface area contributed by atoms with Gasteiger partial charge >= 0.3 is 0 Å². The fourth-order valence-corrected chi connectivity index (χ4v) is 2.84. The molecule has 3 nitrogen and oxygen atoms in total. The Bertz CT molecular complexity index is 441. The molecule has 5 heteroatoms. The summed E-state index contributed by atoms with van der Waals surface area (Å²) >= 11 is 5.80. The van der Waals surface area contributed by atoms with Gasteiger partial charge in [0, 0.05) is 25.7 Å². The lowest BCUT2D eigenvalue weighted by atomic mass is 10.1. The molecule has 2 atom stereocenters. The molecule has 0 radical (unpaired) electrons. The van der Waals surface area contributed by atoms with Crippen LogP contribution in [0.1, 0.15) is 12.0 Å². The third-order valence-corrected chi connectivity index (χ3v) is 3.74. The van der Waals surface area contributed by atoms with Crippen LogP contribution in [-0.2, 0) is 6.54 Å². The molecule has 0 aromatic heterocycles. The summed E-state index contributed by atoms with van der Waals surface area (Å²) in [5, 5.41) is 9.97. The Balaban J connectivity index is 2.05. The van der Waals surface area contributed by atoms with Crippen molar-refractivity contribution >= 4 is 11.6 Å². The molecule has 1 heterocycles. The van der Waals surface area contributed by atoms with Crippen LogP contribution in [0.5, 0.6) is 0 Å². The van der Waals surface area contributed by atoms with Gasteiger partial charge in [0.25, 0.3) is 0 Å². The number of likely N-dealkylation sites (N-methyl/N-ethyl adjacent to an activating group) is 1. The van der Waals surface area contributed by atoms with Crippen molar-refractivity contribution in [2.24, 2.45) is 0 Å². The molecule has 1 aromatic rings. The van der Waals surface area contributed by atoms with E-state index in [2.05, 4.69) is 9.80 Å². The summed E-state index contributed by atoms with van der Waals surface area (Å²) in [6.45, 7) is 2.26. The molecule has 1 aromatic carbocycles. The number of aliphatic hydroxyl groups is 1. The van der Waals surface area contributed by atoms with Crippen LogP contribution in [0.3, 0.4) is 0 Å². The van der Waals surface area contributed by atoms with Gasteiger partial charge in [0.05, 0.1) is 11.1 Å². The molecule has 0 spiro atoms. The van der Waals surface area contributed by atoms with Gasteiger partial charge in [-0.3, -0.25) is 4.90 Å². The summed E-state index contributed by atoms with van der Waals surface area (Å²) in [5.41, 5.74) is 0.976. The first-order valence-electron chi connectivity index (χ1n) is 6.46. The number of β-amino-alcohol motifs (C(OH)–C–C–N with tert-alkyl or cyclic N) is 1. The second-order valence-electron chi connectivity index (χ2n) is 5.48. The number of benzene rings is 1. The van der Waals surface area contributed by atoms with E-state index >= 15 is 0 Å². The number of hydrogen-bond donors (Lipinski definition) is 1. The average molecular weight is 287 g/mol. The third kappa shape index (κ3) is 3.89. The molecule has 0 bridgehead atoms. The Labute approximate surface area is 118 Å². The van der Waals surface area contributed by atoms with E-state index in [1.165, 1.54) is 6.07 Å². The van der Waals surface area contributed by atoms with Gasteiger partial charge in [-0.25, -0.2) is 4.39 Å². The monoisotopic (exact) mass is 286 g/mol. The van der Waals surface area contributed by atoms with E-state index in [9.17, 15) is 9.50 Å². The van der Waals surface area contributed by atoms with Crippen molar-refractivity contribution in [3.05, 3.63) is 34.6 Å². The Hall–Kier alpha value is -0.680. The number of likely N-dealkylation sites (tertiary alicyclic amines) is 1. The van der Waals surface area contributed by atoms with Gasteiger partial charge in [-0.1, -0.05) is 17.7 Å². The molecule has 1 fully saturated rings. The van der Waals surface area contributed by atoms with Crippen molar-refractivity contribution < 1.29 is 9.50 Å². The Kier molecular flexibility index (Phi) is 4.79. The number of aliphatic hydroxyl groups excluding tert-OH is 1. The lowest BCUT2D eigenvalue weighted by Crippen LogP contribution is -2.37. The topological polar surface area (TPSA) is 26.7 Å². The smallest absolute Gasteiger partial charge is 0.141 e. The summed E-state index contributed by atoms with van der Waals surface area (Å²) in [6, 6.07) is 5.13. The first kappa shape index (κ1) is 14.7. The second-order valence-corrected chi connectivity index (χ2v) is 5.89. The molecule has 1 aliphatic rings. The Morgan fingerprint density at radius 2 is 2.21 bits per heavy atom. The maximum absolute atomic E-state index is 13.1. The van der Waals surface area contributed by atoms with E-state index in [0.29, 0.717) is 19.1 Å². The lowest BCUT2D eigenvalue weighted by molar-refractivity contribution is 0.169. The minimum absolute atomic E-state index is 0.154. The minimum atomic E-state index is -0.392. The van der Waals surface area contributed by atoms with E-state index in [4.69, 9.17) is 11.6 Å². The van der Waals surface area contributed by atoms with Gasteiger partial charge in [0.1, 0.15) is 5.82 Å². The molecule has 2 rings (SSSR count). The fourth-order valence-electron chi connectivity index (χ4n) is 2.64. The van der Waals surface area contributed by atoms with Crippen molar-refractivity contribution in [3.8, 4) is 0 Å². The highest BCUT2D eigenvalue weighted by Gasteiger charge is 2.30. The van der Waals surface area contributed by atoms with Gasteiger partial charge < -0.3 is 10.0 Å². The van der Waals surface area contributed by atoms with Gasteiger partial charge in [0.15, 0.2) is 0 Å². The molecule has 1 N–H and O–H groups in total. The molecular formula is C14H20ClFN2O. The summed E-state index contributed by atoms with van der Waals surface area (Å²) in [6.07, 6.45) is 0.508. The quantitative estimate of drug-likeness (QED) is 0.917. The van der Waals surface area contributed by atoms with Crippen molar-refractivity contribution in [1.82, 2.24) is 9.80 Å². The normalized spacial score (nSPS) is 24.3. The molecule has 106 valence electrons. The predicted molar refractivity (Wildman–Crippen MR) is 74.8 cm³/mol. The van der Waals surface area contributed by atoms with Crippen LogP contribution in [0.25, 0.3) is 0 Å². The Morgan fingerprint density at radius 1 is 1.47 bits per heavy atom. The lowest BCUT2D eigenvalue weighted by Gasteiger charge is -2.26.